The SMILES string of the molecule is F[C@@H]1CCN([C@H]2CC[N]C2)C1. The highest BCUT2D eigenvalue weighted by Gasteiger charge is 2.29. The first-order chi connectivity index (χ1) is 5.36. The van der Waals surface area contributed by atoms with Crippen molar-refractivity contribution < 1.29 is 4.39 Å². The number of halogens is 1. The second-order valence-corrected chi connectivity index (χ2v) is 3.45. The molecular weight excluding hydrogens is 143 g/mol. The zero-order chi connectivity index (χ0) is 7.68. The molecule has 0 saturated carbocycles. The quantitative estimate of drug-likeness (QED) is 0.539. The molecule has 0 amide bonds. The second kappa shape index (κ2) is 3.07. The van der Waals surface area contributed by atoms with Crippen molar-refractivity contribution >= 4 is 0 Å². The number of hydrogen-bond acceptors (Lipinski definition) is 1. The molecule has 2 aliphatic rings. The van der Waals surface area contributed by atoms with E-state index in [1.165, 1.54) is 0 Å². The van der Waals surface area contributed by atoms with Crippen molar-refractivity contribution in [2.45, 2.75) is 25.1 Å². The zero-order valence-corrected chi connectivity index (χ0v) is 6.67. The standard InChI is InChI=1S/C8H14FN2/c9-7-2-4-11(6-7)8-1-3-10-5-8/h7-8H,1-6H2/t7-,8+/m1/s1. The summed E-state index contributed by atoms with van der Waals surface area (Å²) in [6.45, 7) is 3.52. The predicted molar refractivity (Wildman–Crippen MR) is 41.4 cm³/mol. The minimum atomic E-state index is -0.574. The number of likely N-dealkylation sites (tertiary alicyclic amines) is 1. The highest BCUT2D eigenvalue weighted by molar-refractivity contribution is 4.85. The lowest BCUT2D eigenvalue weighted by atomic mass is 10.2. The molecule has 0 aromatic heterocycles. The van der Waals surface area contributed by atoms with E-state index in [1.807, 2.05) is 0 Å². The van der Waals surface area contributed by atoms with E-state index in [2.05, 4.69) is 10.2 Å². The molecule has 0 bridgehead atoms. The van der Waals surface area contributed by atoms with Crippen LogP contribution in [0, 0.1) is 0 Å². The van der Waals surface area contributed by atoms with Crippen LogP contribution in [-0.4, -0.2) is 43.3 Å². The average molecular weight is 157 g/mol. The van der Waals surface area contributed by atoms with Gasteiger partial charge in [0.2, 0.25) is 0 Å². The Hall–Kier alpha value is -0.150. The second-order valence-electron chi connectivity index (χ2n) is 3.45. The molecule has 2 nitrogen and oxygen atoms in total. The van der Waals surface area contributed by atoms with Gasteiger partial charge < -0.3 is 0 Å². The van der Waals surface area contributed by atoms with Gasteiger partial charge in [0.1, 0.15) is 6.17 Å². The zero-order valence-electron chi connectivity index (χ0n) is 6.67. The Bertz CT molecular complexity index is 134. The summed E-state index contributed by atoms with van der Waals surface area (Å²) >= 11 is 0. The summed E-state index contributed by atoms with van der Waals surface area (Å²) in [6.07, 6.45) is 1.30. The Morgan fingerprint density at radius 3 is 2.82 bits per heavy atom. The summed E-state index contributed by atoms with van der Waals surface area (Å²) in [6, 6.07) is 0.566. The smallest absolute Gasteiger partial charge is 0.114 e. The molecule has 63 valence electrons. The van der Waals surface area contributed by atoms with Crippen molar-refractivity contribution in [3.8, 4) is 0 Å². The van der Waals surface area contributed by atoms with Gasteiger partial charge >= 0.3 is 0 Å². The van der Waals surface area contributed by atoms with E-state index in [1.54, 1.807) is 0 Å². The van der Waals surface area contributed by atoms with E-state index < -0.39 is 6.17 Å². The van der Waals surface area contributed by atoms with Crippen LogP contribution in [0.4, 0.5) is 4.39 Å². The van der Waals surface area contributed by atoms with Crippen molar-refractivity contribution in [2.24, 2.45) is 0 Å². The first kappa shape index (κ1) is 7.50. The minimum absolute atomic E-state index is 0.566. The Morgan fingerprint density at radius 1 is 1.36 bits per heavy atom. The Labute approximate surface area is 66.8 Å². The van der Waals surface area contributed by atoms with Gasteiger partial charge in [-0.1, -0.05) is 0 Å². The molecule has 1 radical (unpaired) electrons. The third-order valence-corrected chi connectivity index (χ3v) is 2.64. The van der Waals surface area contributed by atoms with E-state index in [4.69, 9.17) is 0 Å². The summed E-state index contributed by atoms with van der Waals surface area (Å²) in [5.74, 6) is 0. The van der Waals surface area contributed by atoms with Gasteiger partial charge in [-0.3, -0.25) is 4.90 Å². The lowest BCUT2D eigenvalue weighted by molar-refractivity contribution is 0.232. The van der Waals surface area contributed by atoms with Crippen LogP contribution < -0.4 is 5.32 Å². The fourth-order valence-corrected chi connectivity index (χ4v) is 1.94. The minimum Gasteiger partial charge on any atom is -0.296 e. The van der Waals surface area contributed by atoms with Crippen molar-refractivity contribution in [2.75, 3.05) is 26.2 Å². The molecule has 2 heterocycles. The maximum absolute atomic E-state index is 12.8. The Kier molecular flexibility index (Phi) is 2.09. The number of rotatable bonds is 1. The molecule has 0 spiro atoms. The molecule has 2 fully saturated rings. The van der Waals surface area contributed by atoms with Gasteiger partial charge in [-0.15, -0.1) is 0 Å². The van der Waals surface area contributed by atoms with Crippen molar-refractivity contribution in [1.82, 2.24) is 10.2 Å². The third kappa shape index (κ3) is 1.54. The molecule has 3 heteroatoms. The molecule has 2 saturated heterocycles. The highest BCUT2D eigenvalue weighted by atomic mass is 19.1. The van der Waals surface area contributed by atoms with Crippen LogP contribution in [0.5, 0.6) is 0 Å². The summed E-state index contributed by atoms with van der Waals surface area (Å²) < 4.78 is 12.8. The fourth-order valence-electron chi connectivity index (χ4n) is 1.94. The lowest BCUT2D eigenvalue weighted by Gasteiger charge is -2.21. The van der Waals surface area contributed by atoms with Crippen LogP contribution in [0.25, 0.3) is 0 Å². The molecule has 0 unspecified atom stereocenters. The molecule has 0 aromatic carbocycles. The van der Waals surface area contributed by atoms with E-state index in [9.17, 15) is 4.39 Å². The van der Waals surface area contributed by atoms with E-state index in [0.717, 1.165) is 32.5 Å². The number of hydrogen-bond donors (Lipinski definition) is 0. The first-order valence-corrected chi connectivity index (χ1v) is 4.37. The van der Waals surface area contributed by atoms with Crippen molar-refractivity contribution in [3.63, 3.8) is 0 Å². The van der Waals surface area contributed by atoms with Crippen LogP contribution >= 0.6 is 0 Å². The number of nitrogens with zero attached hydrogens (tertiary/aromatic N) is 2. The maximum atomic E-state index is 12.8. The Morgan fingerprint density at radius 2 is 2.27 bits per heavy atom. The highest BCUT2D eigenvalue weighted by Crippen LogP contribution is 2.18. The average Bonchev–Trinajstić information content (AvgIpc) is 2.55. The van der Waals surface area contributed by atoms with Gasteiger partial charge in [0.05, 0.1) is 0 Å². The number of alkyl halides is 1. The lowest BCUT2D eigenvalue weighted by Crippen LogP contribution is -2.34. The monoisotopic (exact) mass is 157 g/mol. The molecule has 11 heavy (non-hydrogen) atoms. The third-order valence-electron chi connectivity index (χ3n) is 2.64. The van der Waals surface area contributed by atoms with Gasteiger partial charge in [0.15, 0.2) is 0 Å². The normalized spacial score (nSPS) is 40.1. The van der Waals surface area contributed by atoms with E-state index in [-0.39, 0.29) is 0 Å². The largest absolute Gasteiger partial charge is 0.296 e. The summed E-state index contributed by atoms with van der Waals surface area (Å²) in [7, 11) is 0. The molecule has 0 N–H and O–H groups in total. The van der Waals surface area contributed by atoms with E-state index in [0.29, 0.717) is 12.6 Å². The van der Waals surface area contributed by atoms with E-state index >= 15 is 0 Å². The van der Waals surface area contributed by atoms with Gasteiger partial charge in [0.25, 0.3) is 0 Å². The summed E-state index contributed by atoms with van der Waals surface area (Å²) in [5.41, 5.74) is 0. The first-order valence-electron chi connectivity index (χ1n) is 4.37. The van der Waals surface area contributed by atoms with Gasteiger partial charge in [-0.05, 0) is 12.8 Å². The molecular formula is C8H14FN2. The van der Waals surface area contributed by atoms with Crippen LogP contribution in [0.1, 0.15) is 12.8 Å². The molecule has 2 rings (SSSR count). The molecule has 0 aliphatic carbocycles. The van der Waals surface area contributed by atoms with Crippen LogP contribution in [0.15, 0.2) is 0 Å². The molecule has 2 atom stereocenters. The van der Waals surface area contributed by atoms with Crippen molar-refractivity contribution in [1.29, 1.82) is 0 Å². The Balaban J connectivity index is 1.85. The summed E-state index contributed by atoms with van der Waals surface area (Å²) in [5, 5.41) is 4.27. The van der Waals surface area contributed by atoms with Crippen LogP contribution in [0.2, 0.25) is 0 Å². The van der Waals surface area contributed by atoms with Gasteiger partial charge in [-0.2, -0.15) is 0 Å². The van der Waals surface area contributed by atoms with Crippen LogP contribution in [0.3, 0.4) is 0 Å². The van der Waals surface area contributed by atoms with Gasteiger partial charge in [-0.25, -0.2) is 9.71 Å². The molecule has 0 aromatic rings. The van der Waals surface area contributed by atoms with Gasteiger partial charge in [0, 0.05) is 32.2 Å². The molecule has 2 aliphatic heterocycles. The maximum Gasteiger partial charge on any atom is 0.114 e. The fraction of sp³-hybridized carbons (Fsp3) is 1.00. The predicted octanol–water partition coefficient (Wildman–Crippen LogP) is 0.407. The topological polar surface area (TPSA) is 17.3 Å². The van der Waals surface area contributed by atoms with Crippen molar-refractivity contribution in [3.05, 3.63) is 0 Å². The van der Waals surface area contributed by atoms with Crippen LogP contribution in [-0.2, 0) is 0 Å². The summed E-state index contributed by atoms with van der Waals surface area (Å²) in [4.78, 5) is 2.25.